The molecule has 1 heterocycles. The molecule has 1 aromatic heterocycles. The zero-order valence-electron chi connectivity index (χ0n) is 11.0. The largest absolute Gasteiger partial charge is 0.426 e. The average Bonchev–Trinajstić information content (AvgIpc) is 2.71. The van der Waals surface area contributed by atoms with Crippen molar-refractivity contribution in [1.29, 1.82) is 0 Å². The summed E-state index contributed by atoms with van der Waals surface area (Å²) in [5.41, 5.74) is 7.41. The van der Waals surface area contributed by atoms with Crippen LogP contribution in [-0.4, -0.2) is 17.5 Å². The molecule has 4 nitrogen and oxygen atoms in total. The van der Waals surface area contributed by atoms with Gasteiger partial charge in [0.2, 0.25) is 0 Å². The van der Waals surface area contributed by atoms with Crippen LogP contribution in [-0.2, 0) is 11.2 Å². The van der Waals surface area contributed by atoms with Crippen molar-refractivity contribution in [1.82, 2.24) is 4.98 Å². The second-order valence-corrected chi connectivity index (χ2v) is 5.24. The van der Waals surface area contributed by atoms with E-state index < -0.39 is 0 Å². The first-order chi connectivity index (χ1) is 9.11. The summed E-state index contributed by atoms with van der Waals surface area (Å²) in [6.07, 6.45) is 0.819. The molecule has 0 fully saturated rings. The topological polar surface area (TPSA) is 65.2 Å². The molecule has 0 aliphatic carbocycles. The van der Waals surface area contributed by atoms with E-state index in [1.54, 1.807) is 17.4 Å². The third kappa shape index (κ3) is 3.19. The van der Waals surface area contributed by atoms with Crippen LogP contribution in [0.3, 0.4) is 0 Å². The lowest BCUT2D eigenvalue weighted by molar-refractivity contribution is -0.131. The zero-order valence-corrected chi connectivity index (χ0v) is 11.8. The highest BCUT2D eigenvalue weighted by molar-refractivity contribution is 7.15. The molecular formula is C14H16N2O2S. The van der Waals surface area contributed by atoms with E-state index in [2.05, 4.69) is 4.98 Å². The number of carbonyl (C=O) groups is 1. The standard InChI is InChI=1S/C14H16N2O2S/c1-9-13(7-8-15)19-14(16-9)11-5-3-4-6-12(11)18-10(2)17/h3-6H,7-8,15H2,1-2H3. The number of rotatable bonds is 4. The first kappa shape index (κ1) is 13.7. The SMILES string of the molecule is CC(=O)Oc1ccccc1-c1nc(C)c(CCN)s1. The van der Waals surface area contributed by atoms with Gasteiger partial charge in [0.05, 0.1) is 11.3 Å². The summed E-state index contributed by atoms with van der Waals surface area (Å²) < 4.78 is 5.21. The van der Waals surface area contributed by atoms with E-state index in [1.165, 1.54) is 11.8 Å². The van der Waals surface area contributed by atoms with Crippen molar-refractivity contribution in [3.8, 4) is 16.3 Å². The predicted molar refractivity (Wildman–Crippen MR) is 76.4 cm³/mol. The molecule has 100 valence electrons. The maximum Gasteiger partial charge on any atom is 0.308 e. The van der Waals surface area contributed by atoms with Crippen LogP contribution >= 0.6 is 11.3 Å². The maximum atomic E-state index is 11.1. The van der Waals surface area contributed by atoms with Crippen molar-refractivity contribution in [2.24, 2.45) is 5.73 Å². The minimum atomic E-state index is -0.331. The molecule has 2 N–H and O–H groups in total. The Hall–Kier alpha value is -1.72. The van der Waals surface area contributed by atoms with Crippen LogP contribution in [0, 0.1) is 6.92 Å². The normalized spacial score (nSPS) is 10.5. The van der Waals surface area contributed by atoms with Crippen LogP contribution in [0.4, 0.5) is 0 Å². The summed E-state index contributed by atoms with van der Waals surface area (Å²) >= 11 is 1.60. The number of carbonyl (C=O) groups excluding carboxylic acids is 1. The molecule has 0 aliphatic heterocycles. The molecule has 1 aromatic carbocycles. The Labute approximate surface area is 116 Å². The third-order valence-corrected chi connectivity index (χ3v) is 3.89. The highest BCUT2D eigenvalue weighted by atomic mass is 32.1. The summed E-state index contributed by atoms with van der Waals surface area (Å²) in [6, 6.07) is 7.42. The number of aryl methyl sites for hydroxylation is 1. The van der Waals surface area contributed by atoms with Gasteiger partial charge in [-0.2, -0.15) is 0 Å². The lowest BCUT2D eigenvalue weighted by atomic mass is 10.2. The van der Waals surface area contributed by atoms with Crippen molar-refractivity contribution in [3.05, 3.63) is 34.8 Å². The molecule has 0 spiro atoms. The summed E-state index contributed by atoms with van der Waals surface area (Å²) in [5, 5.41) is 0.859. The van der Waals surface area contributed by atoms with Crippen molar-refractivity contribution >= 4 is 17.3 Å². The Morgan fingerprint density at radius 3 is 2.84 bits per heavy atom. The van der Waals surface area contributed by atoms with E-state index in [9.17, 15) is 4.79 Å². The van der Waals surface area contributed by atoms with Gasteiger partial charge in [0.1, 0.15) is 10.8 Å². The minimum Gasteiger partial charge on any atom is -0.426 e. The number of hydrogen-bond donors (Lipinski definition) is 1. The first-order valence-electron chi connectivity index (χ1n) is 6.06. The summed E-state index contributed by atoms with van der Waals surface area (Å²) in [5.74, 6) is 0.214. The van der Waals surface area contributed by atoms with E-state index in [0.717, 1.165) is 22.7 Å². The molecule has 0 unspecified atom stereocenters. The summed E-state index contributed by atoms with van der Waals surface area (Å²) in [4.78, 5) is 16.8. The Morgan fingerprint density at radius 2 is 2.16 bits per heavy atom. The third-order valence-electron chi connectivity index (χ3n) is 2.64. The van der Waals surface area contributed by atoms with E-state index in [1.807, 2.05) is 25.1 Å². The molecule has 5 heteroatoms. The molecule has 19 heavy (non-hydrogen) atoms. The molecule has 0 saturated heterocycles. The lowest BCUT2D eigenvalue weighted by Crippen LogP contribution is -2.02. The number of ether oxygens (including phenoxy) is 1. The van der Waals surface area contributed by atoms with Crippen LogP contribution in [0.5, 0.6) is 5.75 Å². The summed E-state index contributed by atoms with van der Waals surface area (Å²) in [6.45, 7) is 3.97. The highest BCUT2D eigenvalue weighted by Gasteiger charge is 2.13. The number of hydrogen-bond acceptors (Lipinski definition) is 5. The van der Waals surface area contributed by atoms with E-state index in [0.29, 0.717) is 12.3 Å². The maximum absolute atomic E-state index is 11.1. The van der Waals surface area contributed by atoms with Crippen molar-refractivity contribution in [3.63, 3.8) is 0 Å². The van der Waals surface area contributed by atoms with Gasteiger partial charge >= 0.3 is 5.97 Å². The molecule has 0 amide bonds. The average molecular weight is 276 g/mol. The van der Waals surface area contributed by atoms with Crippen LogP contribution < -0.4 is 10.5 Å². The molecule has 0 bridgehead atoms. The van der Waals surface area contributed by atoms with E-state index in [-0.39, 0.29) is 5.97 Å². The van der Waals surface area contributed by atoms with Gasteiger partial charge < -0.3 is 10.5 Å². The van der Waals surface area contributed by atoms with Gasteiger partial charge in [-0.1, -0.05) is 12.1 Å². The Bertz CT molecular complexity index is 593. The highest BCUT2D eigenvalue weighted by Crippen LogP contribution is 2.34. The van der Waals surface area contributed by atoms with Gasteiger partial charge in [-0.15, -0.1) is 11.3 Å². The zero-order chi connectivity index (χ0) is 13.8. The van der Waals surface area contributed by atoms with E-state index >= 15 is 0 Å². The fourth-order valence-corrected chi connectivity index (χ4v) is 2.90. The Kier molecular flexibility index (Phi) is 4.29. The van der Waals surface area contributed by atoms with Crippen LogP contribution in [0.25, 0.3) is 10.6 Å². The van der Waals surface area contributed by atoms with Crippen molar-refractivity contribution in [2.45, 2.75) is 20.3 Å². The first-order valence-corrected chi connectivity index (χ1v) is 6.87. The number of para-hydroxylation sites is 1. The molecular weight excluding hydrogens is 260 g/mol. The molecule has 0 saturated carbocycles. The number of esters is 1. The molecule has 0 radical (unpaired) electrons. The smallest absolute Gasteiger partial charge is 0.308 e. The molecule has 0 atom stereocenters. The second kappa shape index (κ2) is 5.95. The Balaban J connectivity index is 2.41. The molecule has 0 aliphatic rings. The molecule has 2 aromatic rings. The number of benzene rings is 1. The van der Waals surface area contributed by atoms with Crippen LogP contribution in [0.15, 0.2) is 24.3 Å². The number of nitrogens with two attached hydrogens (primary N) is 1. The minimum absolute atomic E-state index is 0.331. The number of thiazole rings is 1. The predicted octanol–water partition coefficient (Wildman–Crippen LogP) is 2.55. The Morgan fingerprint density at radius 1 is 1.42 bits per heavy atom. The number of aromatic nitrogens is 1. The van der Waals surface area contributed by atoms with Crippen LogP contribution in [0.1, 0.15) is 17.5 Å². The van der Waals surface area contributed by atoms with Crippen molar-refractivity contribution in [2.75, 3.05) is 6.54 Å². The van der Waals surface area contributed by atoms with Gasteiger partial charge in [0.25, 0.3) is 0 Å². The van der Waals surface area contributed by atoms with Gasteiger partial charge in [-0.3, -0.25) is 4.79 Å². The van der Waals surface area contributed by atoms with Gasteiger partial charge in [-0.05, 0) is 32.0 Å². The molecule has 2 rings (SSSR count). The van der Waals surface area contributed by atoms with Gasteiger partial charge in [0.15, 0.2) is 0 Å². The summed E-state index contributed by atoms with van der Waals surface area (Å²) in [7, 11) is 0. The van der Waals surface area contributed by atoms with Gasteiger partial charge in [-0.25, -0.2) is 4.98 Å². The lowest BCUT2D eigenvalue weighted by Gasteiger charge is -2.05. The van der Waals surface area contributed by atoms with Gasteiger partial charge in [0, 0.05) is 11.8 Å². The van der Waals surface area contributed by atoms with E-state index in [4.69, 9.17) is 10.5 Å². The monoisotopic (exact) mass is 276 g/mol. The second-order valence-electron chi connectivity index (χ2n) is 4.16. The fourth-order valence-electron chi connectivity index (χ4n) is 1.79. The fraction of sp³-hybridized carbons (Fsp3) is 0.286. The van der Waals surface area contributed by atoms with Crippen LogP contribution in [0.2, 0.25) is 0 Å². The quantitative estimate of drug-likeness (QED) is 0.688. The number of nitrogens with zero attached hydrogens (tertiary/aromatic N) is 1. The van der Waals surface area contributed by atoms with Crippen molar-refractivity contribution < 1.29 is 9.53 Å².